The quantitative estimate of drug-likeness (QED) is 0.385. The molecule has 7 nitrogen and oxygen atoms in total. The first-order valence-corrected chi connectivity index (χ1v) is 14.3. The van der Waals surface area contributed by atoms with Gasteiger partial charge in [0.25, 0.3) is 0 Å². The van der Waals surface area contributed by atoms with E-state index in [0.29, 0.717) is 16.8 Å². The predicted octanol–water partition coefficient (Wildman–Crippen LogP) is 4.33. The molecular weight excluding hydrogens is 579 g/mol. The van der Waals surface area contributed by atoms with Gasteiger partial charge in [-0.2, -0.15) is 13.2 Å². The molecule has 4 N–H and O–H groups in total. The number of aliphatic hydroxyl groups excluding tert-OH is 1. The maximum absolute atomic E-state index is 12.6. The molecular formula is C25H29BrF3NO6S. The fourth-order valence-electron chi connectivity index (χ4n) is 4.42. The zero-order valence-corrected chi connectivity index (χ0v) is 22.4. The van der Waals surface area contributed by atoms with Crippen molar-refractivity contribution < 1.29 is 41.7 Å². The zero-order valence-electron chi connectivity index (χ0n) is 20.0. The summed E-state index contributed by atoms with van der Waals surface area (Å²) in [6.07, 6.45) is -2.95. The van der Waals surface area contributed by atoms with Gasteiger partial charge in [0.05, 0.1) is 22.1 Å². The number of carboxylic acids is 1. The highest BCUT2D eigenvalue weighted by molar-refractivity contribution is 9.10. The van der Waals surface area contributed by atoms with E-state index in [9.17, 15) is 31.8 Å². The highest BCUT2D eigenvalue weighted by Crippen LogP contribution is 2.40. The number of rotatable bonds is 6. The molecule has 1 aliphatic carbocycles. The summed E-state index contributed by atoms with van der Waals surface area (Å²) >= 11 is 3.30. The SMILES string of the molecule is C[C@H](N[C@H]1CS(=O)(=O)C[C@@H](Cc2ccc(O)c(Br)c2)[C@@H]1O)c1cccc(C2CC2)c1.O=C(O)C(F)(F)F. The molecule has 1 saturated carbocycles. The smallest absolute Gasteiger partial charge is 0.490 e. The van der Waals surface area contributed by atoms with Gasteiger partial charge < -0.3 is 20.6 Å². The molecule has 12 heteroatoms. The summed E-state index contributed by atoms with van der Waals surface area (Å²) in [5.41, 5.74) is 3.34. The van der Waals surface area contributed by atoms with Crippen molar-refractivity contribution in [2.45, 2.75) is 56.5 Å². The maximum Gasteiger partial charge on any atom is 0.490 e. The number of phenolic OH excluding ortho intramolecular Hbond substituents is 1. The second-order valence-electron chi connectivity index (χ2n) is 9.56. The Hall–Kier alpha value is -2.15. The van der Waals surface area contributed by atoms with Crippen LogP contribution in [0.15, 0.2) is 46.9 Å². The van der Waals surface area contributed by atoms with Gasteiger partial charge in [0, 0.05) is 18.0 Å². The Labute approximate surface area is 221 Å². The van der Waals surface area contributed by atoms with E-state index in [1.54, 1.807) is 18.2 Å². The van der Waals surface area contributed by atoms with E-state index in [0.717, 1.165) is 11.1 Å². The summed E-state index contributed by atoms with van der Waals surface area (Å²) in [4.78, 5) is 8.90. The van der Waals surface area contributed by atoms with E-state index < -0.39 is 40.0 Å². The predicted molar refractivity (Wildman–Crippen MR) is 135 cm³/mol. The fourth-order valence-corrected chi connectivity index (χ4v) is 6.79. The van der Waals surface area contributed by atoms with Crippen LogP contribution in [0.3, 0.4) is 0 Å². The zero-order chi connectivity index (χ0) is 27.5. The van der Waals surface area contributed by atoms with Crippen molar-refractivity contribution in [3.8, 4) is 5.75 Å². The average Bonchev–Trinajstić information content (AvgIpc) is 3.64. The van der Waals surface area contributed by atoms with Crippen LogP contribution in [0.2, 0.25) is 0 Å². The highest BCUT2D eigenvalue weighted by Gasteiger charge is 2.40. The molecule has 2 aromatic rings. The number of alkyl halides is 3. The van der Waals surface area contributed by atoms with Crippen LogP contribution in [-0.4, -0.2) is 59.5 Å². The van der Waals surface area contributed by atoms with Gasteiger partial charge in [-0.25, -0.2) is 13.2 Å². The monoisotopic (exact) mass is 607 g/mol. The molecule has 0 unspecified atom stereocenters. The number of hydrogen-bond acceptors (Lipinski definition) is 6. The Bertz CT molecular complexity index is 1220. The first-order chi connectivity index (χ1) is 17.2. The van der Waals surface area contributed by atoms with Crippen molar-refractivity contribution in [3.63, 3.8) is 0 Å². The Balaban J connectivity index is 0.000000479. The van der Waals surface area contributed by atoms with E-state index >= 15 is 0 Å². The lowest BCUT2D eigenvalue weighted by Gasteiger charge is -2.37. The Morgan fingerprint density at radius 3 is 2.38 bits per heavy atom. The molecule has 0 amide bonds. The minimum absolute atomic E-state index is 0.0314. The average molecular weight is 608 g/mol. The normalized spacial score (nSPS) is 24.0. The van der Waals surface area contributed by atoms with Crippen LogP contribution in [0.4, 0.5) is 13.2 Å². The number of aliphatic hydroxyl groups is 1. The Morgan fingerprint density at radius 2 is 1.81 bits per heavy atom. The topological polar surface area (TPSA) is 124 Å². The summed E-state index contributed by atoms with van der Waals surface area (Å²) in [6.45, 7) is 2.02. The molecule has 37 heavy (non-hydrogen) atoms. The second-order valence-corrected chi connectivity index (χ2v) is 12.6. The summed E-state index contributed by atoms with van der Waals surface area (Å²) in [5, 5.41) is 31.2. The molecule has 1 saturated heterocycles. The van der Waals surface area contributed by atoms with Crippen molar-refractivity contribution in [2.75, 3.05) is 11.5 Å². The minimum atomic E-state index is -5.08. The molecule has 0 aromatic heterocycles. The van der Waals surface area contributed by atoms with Gasteiger partial charge in [-0.05, 0) is 76.9 Å². The van der Waals surface area contributed by atoms with E-state index in [-0.39, 0.29) is 23.3 Å². The number of halogens is 4. The fraction of sp³-hybridized carbons (Fsp3) is 0.480. The van der Waals surface area contributed by atoms with E-state index in [1.807, 2.05) is 6.92 Å². The van der Waals surface area contributed by atoms with E-state index in [1.165, 1.54) is 18.4 Å². The van der Waals surface area contributed by atoms with E-state index in [2.05, 4.69) is 45.5 Å². The molecule has 0 radical (unpaired) electrons. The lowest BCUT2D eigenvalue weighted by atomic mass is 9.90. The number of carboxylic acid groups (broad SMARTS) is 1. The van der Waals surface area contributed by atoms with Crippen molar-refractivity contribution in [1.82, 2.24) is 5.32 Å². The number of carbonyl (C=O) groups is 1. The van der Waals surface area contributed by atoms with Crippen molar-refractivity contribution >= 4 is 31.7 Å². The first-order valence-electron chi connectivity index (χ1n) is 11.7. The third kappa shape index (κ3) is 8.42. The largest absolute Gasteiger partial charge is 0.507 e. The molecule has 1 heterocycles. The van der Waals surface area contributed by atoms with Gasteiger partial charge in [-0.1, -0.05) is 30.3 Å². The molecule has 2 aromatic carbocycles. The Kier molecular flexibility index (Phi) is 9.31. The van der Waals surface area contributed by atoms with Crippen molar-refractivity contribution in [2.24, 2.45) is 5.92 Å². The number of aliphatic carboxylic acids is 1. The van der Waals surface area contributed by atoms with Crippen LogP contribution in [0.1, 0.15) is 48.4 Å². The van der Waals surface area contributed by atoms with Gasteiger partial charge in [-0.3, -0.25) is 0 Å². The van der Waals surface area contributed by atoms with Gasteiger partial charge in [0.1, 0.15) is 5.75 Å². The molecule has 4 rings (SSSR count). The molecule has 4 atom stereocenters. The van der Waals surface area contributed by atoms with Crippen molar-refractivity contribution in [1.29, 1.82) is 0 Å². The van der Waals surface area contributed by atoms with Gasteiger partial charge in [0.2, 0.25) is 0 Å². The number of nitrogens with one attached hydrogen (secondary N) is 1. The molecule has 2 aliphatic rings. The maximum atomic E-state index is 12.6. The number of aromatic hydroxyl groups is 1. The van der Waals surface area contributed by atoms with Gasteiger partial charge in [0.15, 0.2) is 9.84 Å². The van der Waals surface area contributed by atoms with E-state index in [4.69, 9.17) is 9.90 Å². The summed E-state index contributed by atoms with van der Waals surface area (Å²) in [7, 11) is -3.28. The van der Waals surface area contributed by atoms with Crippen LogP contribution in [0.5, 0.6) is 5.75 Å². The number of benzene rings is 2. The molecule has 1 aliphatic heterocycles. The van der Waals surface area contributed by atoms with Crippen LogP contribution in [0.25, 0.3) is 0 Å². The molecule has 2 fully saturated rings. The van der Waals surface area contributed by atoms with Crippen LogP contribution in [0, 0.1) is 5.92 Å². The summed E-state index contributed by atoms with van der Waals surface area (Å²) in [6, 6.07) is 13.0. The van der Waals surface area contributed by atoms with Crippen LogP contribution >= 0.6 is 15.9 Å². The lowest BCUT2D eigenvalue weighted by molar-refractivity contribution is -0.192. The van der Waals surface area contributed by atoms with Crippen LogP contribution in [-0.2, 0) is 21.1 Å². The van der Waals surface area contributed by atoms with Gasteiger partial charge in [-0.15, -0.1) is 0 Å². The lowest BCUT2D eigenvalue weighted by Crippen LogP contribution is -2.55. The minimum Gasteiger partial charge on any atom is -0.507 e. The third-order valence-corrected chi connectivity index (χ3v) is 8.91. The number of sulfone groups is 1. The summed E-state index contributed by atoms with van der Waals surface area (Å²) < 4.78 is 57.5. The standard InChI is InChI=1S/C23H28BrNO4S.C2HF3O2/c1-14(17-3-2-4-18(11-17)16-6-7-16)25-21-13-30(28,29)12-19(23(21)27)9-15-5-8-22(26)20(24)10-15;3-2(4,5)1(6)7/h2-5,8,10-11,14,16,19,21,23,25-27H,6-7,9,12-13H2,1H3;(H,6,7)/t14-,19+,21-,23-;/m0./s1. The Morgan fingerprint density at radius 1 is 1.16 bits per heavy atom. The third-order valence-electron chi connectivity index (χ3n) is 6.47. The van der Waals surface area contributed by atoms with Crippen molar-refractivity contribution in [3.05, 3.63) is 63.6 Å². The number of hydrogen-bond donors (Lipinski definition) is 4. The van der Waals surface area contributed by atoms with Crippen LogP contribution < -0.4 is 5.32 Å². The highest BCUT2D eigenvalue weighted by atomic mass is 79.9. The first kappa shape index (κ1) is 29.4. The molecule has 0 bridgehead atoms. The molecule has 0 spiro atoms. The molecule has 204 valence electrons. The number of phenols is 1. The second kappa shape index (κ2) is 11.7. The summed E-state index contributed by atoms with van der Waals surface area (Å²) in [5.74, 6) is -2.45. The van der Waals surface area contributed by atoms with Gasteiger partial charge >= 0.3 is 12.1 Å².